The van der Waals surface area contributed by atoms with E-state index in [9.17, 15) is 9.59 Å². The average molecular weight is 275 g/mol. The van der Waals surface area contributed by atoms with E-state index in [1.54, 1.807) is 0 Å². The molecule has 2 rings (SSSR count). The molecule has 1 fully saturated rings. The number of carboxylic acids is 1. The van der Waals surface area contributed by atoms with Crippen LogP contribution in [0.1, 0.15) is 36.0 Å². The fourth-order valence-electron chi connectivity index (χ4n) is 2.43. The quantitative estimate of drug-likeness (QED) is 0.836. The highest BCUT2D eigenvalue weighted by Gasteiger charge is 2.37. The van der Waals surface area contributed by atoms with Crippen molar-refractivity contribution in [3.05, 3.63) is 34.9 Å². The second-order valence-electron chi connectivity index (χ2n) is 5.65. The van der Waals surface area contributed by atoms with Gasteiger partial charge in [0.05, 0.1) is 0 Å². The molecule has 1 amide bonds. The Kier molecular flexibility index (Phi) is 4.42. The molecule has 4 nitrogen and oxygen atoms in total. The van der Waals surface area contributed by atoms with Gasteiger partial charge in [0.25, 0.3) is 0 Å². The van der Waals surface area contributed by atoms with Crippen LogP contribution < -0.4 is 5.32 Å². The molecule has 0 spiro atoms. The Morgan fingerprint density at radius 3 is 2.60 bits per heavy atom. The van der Waals surface area contributed by atoms with Crippen LogP contribution in [0.5, 0.6) is 0 Å². The maximum atomic E-state index is 11.9. The Balaban J connectivity index is 1.86. The first-order chi connectivity index (χ1) is 9.47. The fourth-order valence-corrected chi connectivity index (χ4v) is 2.43. The molecule has 0 aromatic heterocycles. The Morgan fingerprint density at radius 2 is 2.05 bits per heavy atom. The van der Waals surface area contributed by atoms with Crippen LogP contribution in [0, 0.1) is 19.8 Å². The standard InChI is InChI=1S/C16H21NO3/c1-10-3-4-12(11(2)9-10)7-8-14(18)17-15(16(19)20)13-5-6-13/h3-4,9,13,15H,5-8H2,1-2H3,(H,17,18)(H,19,20). The van der Waals surface area contributed by atoms with Gasteiger partial charge in [0.15, 0.2) is 0 Å². The molecule has 1 aliphatic carbocycles. The van der Waals surface area contributed by atoms with Crippen molar-refractivity contribution < 1.29 is 14.7 Å². The van der Waals surface area contributed by atoms with Gasteiger partial charge in [-0.25, -0.2) is 4.79 Å². The summed E-state index contributed by atoms with van der Waals surface area (Å²) in [4.78, 5) is 22.9. The zero-order chi connectivity index (χ0) is 14.7. The molecule has 0 radical (unpaired) electrons. The Hall–Kier alpha value is -1.84. The number of benzene rings is 1. The number of aliphatic carboxylic acids is 1. The number of hydrogen-bond acceptors (Lipinski definition) is 2. The van der Waals surface area contributed by atoms with Gasteiger partial charge in [-0.3, -0.25) is 4.79 Å². The van der Waals surface area contributed by atoms with Crippen molar-refractivity contribution in [1.82, 2.24) is 5.32 Å². The van der Waals surface area contributed by atoms with Crippen LogP contribution >= 0.6 is 0 Å². The monoisotopic (exact) mass is 275 g/mol. The Morgan fingerprint density at radius 1 is 1.35 bits per heavy atom. The maximum absolute atomic E-state index is 11.9. The molecule has 1 aromatic rings. The van der Waals surface area contributed by atoms with Crippen molar-refractivity contribution in [2.45, 2.75) is 45.6 Å². The molecule has 4 heteroatoms. The lowest BCUT2D eigenvalue weighted by atomic mass is 10.0. The number of rotatable bonds is 6. The summed E-state index contributed by atoms with van der Waals surface area (Å²) in [6.07, 6.45) is 2.78. The molecular weight excluding hydrogens is 254 g/mol. The molecule has 2 N–H and O–H groups in total. The van der Waals surface area contributed by atoms with Gasteiger partial charge in [-0.05, 0) is 50.2 Å². The molecule has 1 saturated carbocycles. The lowest BCUT2D eigenvalue weighted by molar-refractivity contribution is -0.142. The van der Waals surface area contributed by atoms with Gasteiger partial charge in [-0.2, -0.15) is 0 Å². The minimum absolute atomic E-state index is 0.123. The summed E-state index contributed by atoms with van der Waals surface area (Å²) in [7, 11) is 0. The van der Waals surface area contributed by atoms with Gasteiger partial charge in [-0.15, -0.1) is 0 Å². The minimum Gasteiger partial charge on any atom is -0.480 e. The van der Waals surface area contributed by atoms with E-state index in [1.165, 1.54) is 11.1 Å². The van der Waals surface area contributed by atoms with E-state index in [4.69, 9.17) is 5.11 Å². The molecule has 0 aliphatic heterocycles. The number of carbonyl (C=O) groups is 2. The van der Waals surface area contributed by atoms with E-state index in [-0.39, 0.29) is 11.8 Å². The smallest absolute Gasteiger partial charge is 0.326 e. The van der Waals surface area contributed by atoms with Crippen LogP contribution in [-0.2, 0) is 16.0 Å². The molecule has 0 heterocycles. The van der Waals surface area contributed by atoms with Crippen molar-refractivity contribution in [3.63, 3.8) is 0 Å². The second kappa shape index (κ2) is 6.07. The van der Waals surface area contributed by atoms with Gasteiger partial charge in [0, 0.05) is 6.42 Å². The number of carboxylic acid groups (broad SMARTS) is 1. The third-order valence-corrected chi connectivity index (χ3v) is 3.80. The van der Waals surface area contributed by atoms with Gasteiger partial charge in [-0.1, -0.05) is 23.8 Å². The predicted octanol–water partition coefficient (Wildman–Crippen LogP) is 2.22. The van der Waals surface area contributed by atoms with Crippen LogP contribution in [0.3, 0.4) is 0 Å². The minimum atomic E-state index is -0.924. The normalized spacial score (nSPS) is 15.7. The number of aryl methyl sites for hydroxylation is 3. The van der Waals surface area contributed by atoms with Gasteiger partial charge in [0.1, 0.15) is 6.04 Å². The number of nitrogens with one attached hydrogen (secondary N) is 1. The summed E-state index contributed by atoms with van der Waals surface area (Å²) in [5.74, 6) is -0.978. The lowest BCUT2D eigenvalue weighted by Gasteiger charge is -2.14. The van der Waals surface area contributed by atoms with Crippen LogP contribution in [0.2, 0.25) is 0 Å². The Bertz CT molecular complexity index is 520. The first kappa shape index (κ1) is 14.6. The van der Waals surface area contributed by atoms with E-state index >= 15 is 0 Å². The zero-order valence-corrected chi connectivity index (χ0v) is 12.0. The summed E-state index contributed by atoms with van der Waals surface area (Å²) in [6.45, 7) is 4.07. The molecule has 0 saturated heterocycles. The fraction of sp³-hybridized carbons (Fsp3) is 0.500. The summed E-state index contributed by atoms with van der Waals surface area (Å²) in [5, 5.41) is 11.7. The molecule has 1 aromatic carbocycles. The number of hydrogen-bond donors (Lipinski definition) is 2. The number of carbonyl (C=O) groups excluding carboxylic acids is 1. The third kappa shape index (κ3) is 3.83. The SMILES string of the molecule is Cc1ccc(CCC(=O)NC(C(=O)O)C2CC2)c(C)c1. The number of amides is 1. The highest BCUT2D eigenvalue weighted by atomic mass is 16.4. The molecule has 20 heavy (non-hydrogen) atoms. The highest BCUT2D eigenvalue weighted by Crippen LogP contribution is 2.32. The van der Waals surface area contributed by atoms with Crippen LogP contribution in [0.25, 0.3) is 0 Å². The van der Waals surface area contributed by atoms with Crippen LogP contribution in [0.4, 0.5) is 0 Å². The van der Waals surface area contributed by atoms with E-state index in [0.29, 0.717) is 12.8 Å². The van der Waals surface area contributed by atoms with Crippen LogP contribution in [0.15, 0.2) is 18.2 Å². The van der Waals surface area contributed by atoms with Crippen LogP contribution in [-0.4, -0.2) is 23.0 Å². The summed E-state index contributed by atoms with van der Waals surface area (Å²) in [5.41, 5.74) is 3.52. The lowest BCUT2D eigenvalue weighted by Crippen LogP contribution is -2.42. The second-order valence-corrected chi connectivity index (χ2v) is 5.65. The maximum Gasteiger partial charge on any atom is 0.326 e. The largest absolute Gasteiger partial charge is 0.480 e. The van der Waals surface area contributed by atoms with Crippen molar-refractivity contribution in [1.29, 1.82) is 0 Å². The van der Waals surface area contributed by atoms with Crippen molar-refractivity contribution in [2.24, 2.45) is 5.92 Å². The summed E-state index contributed by atoms with van der Waals surface area (Å²) >= 11 is 0. The summed E-state index contributed by atoms with van der Waals surface area (Å²) < 4.78 is 0. The first-order valence-electron chi connectivity index (χ1n) is 7.05. The van der Waals surface area contributed by atoms with Gasteiger partial charge in [0.2, 0.25) is 5.91 Å². The summed E-state index contributed by atoms with van der Waals surface area (Å²) in [6, 6.07) is 5.46. The third-order valence-electron chi connectivity index (χ3n) is 3.80. The molecule has 1 atom stereocenters. The van der Waals surface area contributed by atoms with E-state index in [0.717, 1.165) is 18.4 Å². The molecule has 0 bridgehead atoms. The Labute approximate surface area is 119 Å². The first-order valence-corrected chi connectivity index (χ1v) is 7.05. The van der Waals surface area contributed by atoms with E-state index < -0.39 is 12.0 Å². The van der Waals surface area contributed by atoms with E-state index in [1.807, 2.05) is 26.0 Å². The van der Waals surface area contributed by atoms with Gasteiger partial charge >= 0.3 is 5.97 Å². The predicted molar refractivity (Wildman–Crippen MR) is 76.5 cm³/mol. The van der Waals surface area contributed by atoms with Gasteiger partial charge < -0.3 is 10.4 Å². The average Bonchev–Trinajstić information content (AvgIpc) is 3.18. The molecule has 1 unspecified atom stereocenters. The van der Waals surface area contributed by atoms with Crippen molar-refractivity contribution in [2.75, 3.05) is 0 Å². The molecule has 1 aliphatic rings. The zero-order valence-electron chi connectivity index (χ0n) is 12.0. The van der Waals surface area contributed by atoms with E-state index in [2.05, 4.69) is 11.4 Å². The highest BCUT2D eigenvalue weighted by molar-refractivity contribution is 5.84. The van der Waals surface area contributed by atoms with Crippen molar-refractivity contribution >= 4 is 11.9 Å². The van der Waals surface area contributed by atoms with Crippen molar-refractivity contribution in [3.8, 4) is 0 Å². The molecule has 108 valence electrons. The molecular formula is C16H21NO3. The topological polar surface area (TPSA) is 66.4 Å².